The second kappa shape index (κ2) is 7.60. The summed E-state index contributed by atoms with van der Waals surface area (Å²) in [4.78, 5) is 28.7. The minimum absolute atomic E-state index is 0.0208. The van der Waals surface area contributed by atoms with Gasteiger partial charge < -0.3 is 14.5 Å². The summed E-state index contributed by atoms with van der Waals surface area (Å²) >= 11 is 0. The van der Waals surface area contributed by atoms with Gasteiger partial charge in [-0.3, -0.25) is 9.59 Å². The zero-order valence-electron chi connectivity index (χ0n) is 15.4. The van der Waals surface area contributed by atoms with Crippen molar-refractivity contribution in [2.24, 2.45) is 0 Å². The Morgan fingerprint density at radius 1 is 0.962 bits per heavy atom. The molecule has 1 heterocycles. The van der Waals surface area contributed by atoms with Crippen molar-refractivity contribution in [1.82, 2.24) is 9.80 Å². The molecule has 0 saturated carbocycles. The fourth-order valence-corrected chi connectivity index (χ4v) is 3.15. The average Bonchev–Trinajstić information content (AvgIpc) is 2.65. The minimum Gasteiger partial charge on any atom is -0.497 e. The highest BCUT2D eigenvalue weighted by Gasteiger charge is 2.36. The highest BCUT2D eigenvalue weighted by atomic mass is 16.5. The quantitative estimate of drug-likeness (QED) is 0.831. The molecule has 136 valence electrons. The van der Waals surface area contributed by atoms with Crippen molar-refractivity contribution in [2.75, 3.05) is 13.7 Å². The Balaban J connectivity index is 1.68. The molecule has 0 N–H and O–H groups in total. The van der Waals surface area contributed by atoms with Gasteiger partial charge in [-0.2, -0.15) is 0 Å². The van der Waals surface area contributed by atoms with Gasteiger partial charge in [-0.05, 0) is 37.1 Å². The molecular weight excluding hydrogens is 328 g/mol. The summed E-state index contributed by atoms with van der Waals surface area (Å²) in [5, 5.41) is 0. The summed E-state index contributed by atoms with van der Waals surface area (Å²) in [6.45, 7) is 4.83. The minimum atomic E-state index is -0.462. The van der Waals surface area contributed by atoms with E-state index in [2.05, 4.69) is 0 Å². The molecule has 0 unspecified atom stereocenters. The molecule has 1 atom stereocenters. The largest absolute Gasteiger partial charge is 0.497 e. The Morgan fingerprint density at radius 2 is 1.54 bits per heavy atom. The Morgan fingerprint density at radius 3 is 2.15 bits per heavy atom. The van der Waals surface area contributed by atoms with Crippen LogP contribution in [0.1, 0.15) is 23.6 Å². The van der Waals surface area contributed by atoms with E-state index in [0.717, 1.165) is 16.9 Å². The maximum atomic E-state index is 12.8. The van der Waals surface area contributed by atoms with E-state index in [0.29, 0.717) is 13.1 Å². The van der Waals surface area contributed by atoms with Gasteiger partial charge in [0.1, 0.15) is 18.3 Å². The molecule has 2 amide bonds. The normalized spacial score (nSPS) is 17.6. The highest BCUT2D eigenvalue weighted by Crippen LogP contribution is 2.20. The zero-order valence-corrected chi connectivity index (χ0v) is 15.4. The number of benzene rings is 2. The van der Waals surface area contributed by atoms with Crippen molar-refractivity contribution in [1.29, 1.82) is 0 Å². The molecule has 1 fully saturated rings. The van der Waals surface area contributed by atoms with Gasteiger partial charge in [-0.25, -0.2) is 0 Å². The lowest BCUT2D eigenvalue weighted by atomic mass is 10.1. The predicted molar refractivity (Wildman–Crippen MR) is 99.6 cm³/mol. The van der Waals surface area contributed by atoms with E-state index in [9.17, 15) is 9.59 Å². The summed E-state index contributed by atoms with van der Waals surface area (Å²) in [7, 11) is 1.62. The van der Waals surface area contributed by atoms with Gasteiger partial charge in [0.05, 0.1) is 7.11 Å². The number of hydrogen-bond donors (Lipinski definition) is 0. The Kier molecular flexibility index (Phi) is 5.26. The Hall–Kier alpha value is -2.82. The topological polar surface area (TPSA) is 49.9 Å². The second-order valence-electron chi connectivity index (χ2n) is 6.73. The second-order valence-corrected chi connectivity index (χ2v) is 6.73. The van der Waals surface area contributed by atoms with Crippen molar-refractivity contribution in [3.05, 3.63) is 65.2 Å². The van der Waals surface area contributed by atoms with Gasteiger partial charge >= 0.3 is 0 Å². The van der Waals surface area contributed by atoms with E-state index < -0.39 is 6.04 Å². The number of hydrogen-bond acceptors (Lipinski definition) is 3. The van der Waals surface area contributed by atoms with Gasteiger partial charge in [-0.15, -0.1) is 0 Å². The first-order valence-electron chi connectivity index (χ1n) is 8.74. The van der Waals surface area contributed by atoms with Crippen LogP contribution in [0.5, 0.6) is 5.75 Å². The number of carbonyl (C=O) groups is 2. The number of piperazine rings is 1. The molecule has 1 saturated heterocycles. The molecule has 0 aromatic heterocycles. The van der Waals surface area contributed by atoms with Crippen LogP contribution in [0.15, 0.2) is 48.5 Å². The lowest BCUT2D eigenvalue weighted by molar-refractivity contribution is -0.156. The molecule has 5 heteroatoms. The van der Waals surface area contributed by atoms with Crippen molar-refractivity contribution < 1.29 is 14.3 Å². The first-order chi connectivity index (χ1) is 12.5. The standard InChI is InChI=1S/C21H24N2O3/c1-15-4-6-18(7-5-15)13-23-16(2)21(25)22(14-20(23)24)12-17-8-10-19(26-3)11-9-17/h4-11,16H,12-14H2,1-3H3/t16-/m0/s1. The number of amides is 2. The lowest BCUT2D eigenvalue weighted by Gasteiger charge is -2.39. The van der Waals surface area contributed by atoms with E-state index in [-0.39, 0.29) is 18.4 Å². The average molecular weight is 352 g/mol. The van der Waals surface area contributed by atoms with Gasteiger partial charge in [0, 0.05) is 13.1 Å². The third-order valence-electron chi connectivity index (χ3n) is 4.79. The molecule has 5 nitrogen and oxygen atoms in total. The number of methoxy groups -OCH3 is 1. The molecule has 1 aliphatic rings. The molecule has 2 aromatic carbocycles. The fourth-order valence-electron chi connectivity index (χ4n) is 3.15. The molecule has 0 aliphatic carbocycles. The molecule has 0 bridgehead atoms. The zero-order chi connectivity index (χ0) is 18.7. The first kappa shape index (κ1) is 18.0. The molecule has 2 aromatic rings. The van der Waals surface area contributed by atoms with E-state index in [4.69, 9.17) is 4.74 Å². The van der Waals surface area contributed by atoms with Crippen LogP contribution < -0.4 is 4.74 Å². The van der Waals surface area contributed by atoms with Crippen molar-refractivity contribution in [3.8, 4) is 5.75 Å². The Labute approximate surface area is 154 Å². The monoisotopic (exact) mass is 352 g/mol. The number of nitrogens with zero attached hydrogens (tertiary/aromatic N) is 2. The van der Waals surface area contributed by atoms with Crippen LogP contribution in [-0.2, 0) is 22.7 Å². The van der Waals surface area contributed by atoms with E-state index in [1.165, 1.54) is 5.56 Å². The molecule has 0 radical (unpaired) electrons. The number of ether oxygens (including phenoxy) is 1. The van der Waals surface area contributed by atoms with Gasteiger partial charge in [0.15, 0.2) is 0 Å². The van der Waals surface area contributed by atoms with Crippen molar-refractivity contribution >= 4 is 11.8 Å². The predicted octanol–water partition coefficient (Wildman–Crippen LogP) is 2.76. The summed E-state index contributed by atoms with van der Waals surface area (Å²) < 4.78 is 5.15. The molecule has 3 rings (SSSR count). The van der Waals surface area contributed by atoms with Crippen LogP contribution in [0, 0.1) is 6.92 Å². The summed E-state index contributed by atoms with van der Waals surface area (Å²) in [5.41, 5.74) is 3.19. The van der Waals surface area contributed by atoms with E-state index >= 15 is 0 Å². The highest BCUT2D eigenvalue weighted by molar-refractivity contribution is 5.94. The fraction of sp³-hybridized carbons (Fsp3) is 0.333. The summed E-state index contributed by atoms with van der Waals surface area (Å²) in [6, 6.07) is 15.1. The van der Waals surface area contributed by atoms with Crippen LogP contribution in [0.2, 0.25) is 0 Å². The van der Waals surface area contributed by atoms with Crippen LogP contribution in [0.25, 0.3) is 0 Å². The Bertz CT molecular complexity index is 784. The third kappa shape index (κ3) is 3.87. The van der Waals surface area contributed by atoms with Gasteiger partial charge in [0.2, 0.25) is 11.8 Å². The van der Waals surface area contributed by atoms with Crippen LogP contribution in [0.4, 0.5) is 0 Å². The summed E-state index contributed by atoms with van der Waals surface area (Å²) in [6.07, 6.45) is 0. The molecule has 0 spiro atoms. The van der Waals surface area contributed by atoms with E-state index in [1.807, 2.05) is 55.5 Å². The van der Waals surface area contributed by atoms with E-state index in [1.54, 1.807) is 23.8 Å². The smallest absolute Gasteiger partial charge is 0.245 e. The van der Waals surface area contributed by atoms with Crippen LogP contribution in [-0.4, -0.2) is 41.3 Å². The summed E-state index contributed by atoms with van der Waals surface area (Å²) in [5.74, 6) is 0.728. The number of carbonyl (C=O) groups excluding carboxylic acids is 2. The maximum Gasteiger partial charge on any atom is 0.245 e. The molecule has 1 aliphatic heterocycles. The molecular formula is C21H24N2O3. The number of aryl methyl sites for hydroxylation is 1. The van der Waals surface area contributed by atoms with Gasteiger partial charge in [0.25, 0.3) is 0 Å². The van der Waals surface area contributed by atoms with Crippen LogP contribution >= 0.6 is 0 Å². The van der Waals surface area contributed by atoms with Crippen LogP contribution in [0.3, 0.4) is 0 Å². The SMILES string of the molecule is COc1ccc(CN2CC(=O)N(Cc3ccc(C)cc3)[C@@H](C)C2=O)cc1. The molecule has 26 heavy (non-hydrogen) atoms. The first-order valence-corrected chi connectivity index (χ1v) is 8.74. The third-order valence-corrected chi connectivity index (χ3v) is 4.79. The number of rotatable bonds is 5. The lowest BCUT2D eigenvalue weighted by Crippen LogP contribution is -2.57. The maximum absolute atomic E-state index is 12.8. The van der Waals surface area contributed by atoms with Crippen molar-refractivity contribution in [3.63, 3.8) is 0 Å². The van der Waals surface area contributed by atoms with Gasteiger partial charge in [-0.1, -0.05) is 42.0 Å². The van der Waals surface area contributed by atoms with Crippen molar-refractivity contribution in [2.45, 2.75) is 33.0 Å².